The summed E-state index contributed by atoms with van der Waals surface area (Å²) in [5, 5.41) is 11.1. The van der Waals surface area contributed by atoms with Gasteiger partial charge in [0, 0.05) is 15.1 Å². The van der Waals surface area contributed by atoms with Gasteiger partial charge in [-0.25, -0.2) is 0 Å². The lowest BCUT2D eigenvalue weighted by Gasteiger charge is -2.12. The van der Waals surface area contributed by atoms with Gasteiger partial charge < -0.3 is 0 Å². The Labute approximate surface area is 127 Å². The van der Waals surface area contributed by atoms with E-state index in [1.54, 1.807) is 18.2 Å². The molecule has 0 N–H and O–H groups in total. The van der Waals surface area contributed by atoms with Gasteiger partial charge in [0.1, 0.15) is 0 Å². The summed E-state index contributed by atoms with van der Waals surface area (Å²) in [6.07, 6.45) is 0.525. The van der Waals surface area contributed by atoms with Crippen LogP contribution in [0.3, 0.4) is 0 Å². The van der Waals surface area contributed by atoms with Crippen LogP contribution in [-0.2, 0) is 6.42 Å². The third kappa shape index (κ3) is 3.42. The van der Waals surface area contributed by atoms with Crippen molar-refractivity contribution in [3.05, 3.63) is 68.7 Å². The number of rotatable bonds is 3. The summed E-state index contributed by atoms with van der Waals surface area (Å²) >= 11 is 18.1. The molecule has 0 aliphatic heterocycles. The van der Waals surface area contributed by atoms with Gasteiger partial charge in [0.15, 0.2) is 0 Å². The molecule has 4 heteroatoms. The van der Waals surface area contributed by atoms with Gasteiger partial charge in [0.2, 0.25) is 0 Å². The number of benzene rings is 2. The molecule has 96 valence electrons. The average Bonchev–Trinajstić information content (AvgIpc) is 2.39. The summed E-state index contributed by atoms with van der Waals surface area (Å²) in [5.41, 5.74) is 1.70. The highest BCUT2D eigenvalue weighted by atomic mass is 35.5. The zero-order chi connectivity index (χ0) is 13.8. The standard InChI is InChI=1S/C15H10Cl3N/c16-12-5-6-13(15(18)8-12)11(9-19)7-10-3-1-2-4-14(10)17/h1-6,8,11H,7H2/t11-/m0/s1. The quantitative estimate of drug-likeness (QED) is 0.734. The van der Waals surface area contributed by atoms with Crippen LogP contribution in [0, 0.1) is 11.3 Å². The van der Waals surface area contributed by atoms with E-state index in [1.165, 1.54) is 0 Å². The van der Waals surface area contributed by atoms with Crippen LogP contribution in [-0.4, -0.2) is 0 Å². The molecule has 0 bridgehead atoms. The second kappa shape index (κ2) is 6.30. The van der Waals surface area contributed by atoms with Crippen molar-refractivity contribution in [1.29, 1.82) is 5.26 Å². The van der Waals surface area contributed by atoms with Crippen LogP contribution < -0.4 is 0 Å². The Balaban J connectivity index is 2.31. The van der Waals surface area contributed by atoms with Crippen LogP contribution in [0.15, 0.2) is 42.5 Å². The molecule has 0 aliphatic rings. The fraction of sp³-hybridized carbons (Fsp3) is 0.133. The summed E-state index contributed by atoms with van der Waals surface area (Å²) in [5.74, 6) is -0.343. The predicted molar refractivity (Wildman–Crippen MR) is 80.0 cm³/mol. The van der Waals surface area contributed by atoms with Crippen molar-refractivity contribution in [2.75, 3.05) is 0 Å². The molecule has 2 aromatic carbocycles. The third-order valence-corrected chi connectivity index (χ3v) is 3.81. The van der Waals surface area contributed by atoms with Crippen LogP contribution in [0.5, 0.6) is 0 Å². The number of hydrogen-bond donors (Lipinski definition) is 0. The molecule has 19 heavy (non-hydrogen) atoms. The molecular formula is C15H10Cl3N. The fourth-order valence-electron chi connectivity index (χ4n) is 1.89. The zero-order valence-electron chi connectivity index (χ0n) is 9.91. The van der Waals surface area contributed by atoms with E-state index < -0.39 is 0 Å². The molecule has 0 radical (unpaired) electrons. The monoisotopic (exact) mass is 309 g/mol. The maximum atomic E-state index is 9.34. The molecular weight excluding hydrogens is 301 g/mol. The molecule has 2 rings (SSSR count). The minimum atomic E-state index is -0.343. The molecule has 0 heterocycles. The normalized spacial score (nSPS) is 11.9. The van der Waals surface area contributed by atoms with E-state index >= 15 is 0 Å². The van der Waals surface area contributed by atoms with E-state index in [-0.39, 0.29) is 5.92 Å². The second-order valence-corrected chi connectivity index (χ2v) is 5.39. The summed E-state index contributed by atoms with van der Waals surface area (Å²) < 4.78 is 0. The van der Waals surface area contributed by atoms with Crippen LogP contribution >= 0.6 is 34.8 Å². The molecule has 1 nitrogen and oxygen atoms in total. The van der Waals surface area contributed by atoms with Crippen LogP contribution in [0.25, 0.3) is 0 Å². The summed E-state index contributed by atoms with van der Waals surface area (Å²) in [7, 11) is 0. The molecule has 0 unspecified atom stereocenters. The first kappa shape index (κ1) is 14.2. The van der Waals surface area contributed by atoms with E-state index in [0.717, 1.165) is 11.1 Å². The Morgan fingerprint density at radius 1 is 1.00 bits per heavy atom. The van der Waals surface area contributed by atoms with Gasteiger partial charge in [0.25, 0.3) is 0 Å². The van der Waals surface area contributed by atoms with Crippen molar-refractivity contribution in [2.45, 2.75) is 12.3 Å². The Kier molecular flexibility index (Phi) is 4.71. The lowest BCUT2D eigenvalue weighted by atomic mass is 9.93. The van der Waals surface area contributed by atoms with E-state index in [2.05, 4.69) is 6.07 Å². The molecule has 0 aliphatic carbocycles. The van der Waals surface area contributed by atoms with Crippen molar-refractivity contribution in [2.24, 2.45) is 0 Å². The lowest BCUT2D eigenvalue weighted by Crippen LogP contribution is -2.02. The van der Waals surface area contributed by atoms with Crippen molar-refractivity contribution in [1.82, 2.24) is 0 Å². The smallest absolute Gasteiger partial charge is 0.0767 e. The largest absolute Gasteiger partial charge is 0.198 e. The predicted octanol–water partition coefficient (Wildman–Crippen LogP) is 5.50. The topological polar surface area (TPSA) is 23.8 Å². The van der Waals surface area contributed by atoms with Gasteiger partial charge in [-0.1, -0.05) is 59.1 Å². The number of hydrogen-bond acceptors (Lipinski definition) is 1. The van der Waals surface area contributed by atoms with Crippen molar-refractivity contribution >= 4 is 34.8 Å². The van der Waals surface area contributed by atoms with Crippen LogP contribution in [0.1, 0.15) is 17.0 Å². The molecule has 0 aromatic heterocycles. The first-order valence-electron chi connectivity index (χ1n) is 5.70. The molecule has 2 aromatic rings. The average molecular weight is 311 g/mol. The summed E-state index contributed by atoms with van der Waals surface area (Å²) in [6, 6.07) is 14.9. The van der Waals surface area contributed by atoms with Gasteiger partial charge >= 0.3 is 0 Å². The molecule has 1 atom stereocenters. The first-order chi connectivity index (χ1) is 9.11. The Morgan fingerprint density at radius 2 is 1.74 bits per heavy atom. The van der Waals surface area contributed by atoms with E-state index in [9.17, 15) is 5.26 Å². The van der Waals surface area contributed by atoms with Gasteiger partial charge in [-0.2, -0.15) is 5.26 Å². The molecule has 0 fully saturated rings. The van der Waals surface area contributed by atoms with Gasteiger partial charge in [0.05, 0.1) is 12.0 Å². The van der Waals surface area contributed by atoms with Crippen molar-refractivity contribution in [3.63, 3.8) is 0 Å². The number of nitrogens with zero attached hydrogens (tertiary/aromatic N) is 1. The summed E-state index contributed by atoms with van der Waals surface area (Å²) in [6.45, 7) is 0. The highest BCUT2D eigenvalue weighted by Gasteiger charge is 2.16. The molecule has 0 amide bonds. The Bertz CT molecular complexity index is 632. The second-order valence-electron chi connectivity index (χ2n) is 4.14. The molecule has 0 saturated carbocycles. The zero-order valence-corrected chi connectivity index (χ0v) is 12.2. The van der Waals surface area contributed by atoms with E-state index in [4.69, 9.17) is 34.8 Å². The minimum absolute atomic E-state index is 0.343. The maximum Gasteiger partial charge on any atom is 0.0767 e. The highest BCUT2D eigenvalue weighted by Crippen LogP contribution is 2.31. The van der Waals surface area contributed by atoms with E-state index in [0.29, 0.717) is 21.5 Å². The van der Waals surface area contributed by atoms with Gasteiger partial charge in [-0.3, -0.25) is 0 Å². The molecule has 0 saturated heterocycles. The fourth-order valence-corrected chi connectivity index (χ4v) is 2.65. The molecule has 0 spiro atoms. The van der Waals surface area contributed by atoms with Crippen LogP contribution in [0.4, 0.5) is 0 Å². The first-order valence-corrected chi connectivity index (χ1v) is 6.83. The highest BCUT2D eigenvalue weighted by molar-refractivity contribution is 6.35. The Morgan fingerprint density at radius 3 is 2.37 bits per heavy atom. The maximum absolute atomic E-state index is 9.34. The van der Waals surface area contributed by atoms with Crippen molar-refractivity contribution < 1.29 is 0 Å². The Hall–Kier alpha value is -1.20. The van der Waals surface area contributed by atoms with Gasteiger partial charge in [-0.05, 0) is 35.7 Å². The SMILES string of the molecule is N#C[C@H](Cc1ccccc1Cl)c1ccc(Cl)cc1Cl. The van der Waals surface area contributed by atoms with Crippen molar-refractivity contribution in [3.8, 4) is 6.07 Å². The third-order valence-electron chi connectivity index (χ3n) is 2.88. The summed E-state index contributed by atoms with van der Waals surface area (Å²) in [4.78, 5) is 0. The van der Waals surface area contributed by atoms with Crippen LogP contribution in [0.2, 0.25) is 15.1 Å². The van der Waals surface area contributed by atoms with E-state index in [1.807, 2.05) is 24.3 Å². The minimum Gasteiger partial charge on any atom is -0.198 e. The number of nitriles is 1. The lowest BCUT2D eigenvalue weighted by molar-refractivity contribution is 0.849. The number of halogens is 3. The van der Waals surface area contributed by atoms with Gasteiger partial charge in [-0.15, -0.1) is 0 Å².